The average Bonchev–Trinajstić information content (AvgIpc) is 2.36. The Labute approximate surface area is 103 Å². The van der Waals surface area contributed by atoms with Crippen molar-refractivity contribution in [2.75, 3.05) is 13.7 Å². The van der Waals surface area contributed by atoms with Gasteiger partial charge in [0.15, 0.2) is 0 Å². The van der Waals surface area contributed by atoms with Crippen LogP contribution < -0.4 is 4.74 Å². The normalized spacial score (nSPS) is 10.1. The van der Waals surface area contributed by atoms with Crippen LogP contribution in [0.5, 0.6) is 5.75 Å². The van der Waals surface area contributed by atoms with Crippen LogP contribution in [0.3, 0.4) is 0 Å². The first-order chi connectivity index (χ1) is 8.22. The van der Waals surface area contributed by atoms with Gasteiger partial charge < -0.3 is 9.47 Å². The quantitative estimate of drug-likeness (QED) is 0.711. The van der Waals surface area contributed by atoms with Gasteiger partial charge in [-0.05, 0) is 30.5 Å². The van der Waals surface area contributed by atoms with E-state index in [1.54, 1.807) is 13.2 Å². The van der Waals surface area contributed by atoms with Gasteiger partial charge in [0.2, 0.25) is 0 Å². The Morgan fingerprint density at radius 2 is 2.00 bits per heavy atom. The zero-order valence-electron chi connectivity index (χ0n) is 10.8. The SMILES string of the molecule is CCCOC(=O)c1ccc(CCC)cc1OC. The van der Waals surface area contributed by atoms with Gasteiger partial charge in [-0.1, -0.05) is 26.3 Å². The van der Waals surface area contributed by atoms with Crippen LogP contribution in [0.25, 0.3) is 0 Å². The maximum absolute atomic E-state index is 11.8. The van der Waals surface area contributed by atoms with E-state index >= 15 is 0 Å². The number of aryl methyl sites for hydroxylation is 1. The lowest BCUT2D eigenvalue weighted by Crippen LogP contribution is -2.08. The van der Waals surface area contributed by atoms with Gasteiger partial charge in [0.05, 0.1) is 13.7 Å². The molecule has 0 atom stereocenters. The first-order valence-corrected chi connectivity index (χ1v) is 6.07. The predicted octanol–water partition coefficient (Wildman–Crippen LogP) is 3.21. The van der Waals surface area contributed by atoms with Gasteiger partial charge in [0.25, 0.3) is 0 Å². The molecular formula is C14H20O3. The van der Waals surface area contributed by atoms with Crippen molar-refractivity contribution in [1.29, 1.82) is 0 Å². The number of carbonyl (C=O) groups excluding carboxylic acids is 1. The van der Waals surface area contributed by atoms with Crippen molar-refractivity contribution >= 4 is 5.97 Å². The van der Waals surface area contributed by atoms with Crippen LogP contribution in [-0.2, 0) is 11.2 Å². The minimum absolute atomic E-state index is 0.313. The number of hydrogen-bond donors (Lipinski definition) is 0. The van der Waals surface area contributed by atoms with E-state index in [9.17, 15) is 4.79 Å². The molecule has 17 heavy (non-hydrogen) atoms. The lowest BCUT2D eigenvalue weighted by atomic mass is 10.1. The molecule has 0 unspecified atom stereocenters. The Balaban J connectivity index is 2.87. The second-order valence-electron chi connectivity index (χ2n) is 3.92. The van der Waals surface area contributed by atoms with E-state index in [0.29, 0.717) is 17.9 Å². The molecule has 1 aromatic carbocycles. The number of methoxy groups -OCH3 is 1. The molecule has 94 valence electrons. The van der Waals surface area contributed by atoms with Gasteiger partial charge in [-0.25, -0.2) is 4.79 Å². The van der Waals surface area contributed by atoms with Crippen LogP contribution in [0.2, 0.25) is 0 Å². The molecule has 3 heteroatoms. The van der Waals surface area contributed by atoms with Crippen LogP contribution >= 0.6 is 0 Å². The molecule has 0 saturated carbocycles. The van der Waals surface area contributed by atoms with Crippen molar-refractivity contribution < 1.29 is 14.3 Å². The fourth-order valence-electron chi connectivity index (χ4n) is 1.62. The van der Waals surface area contributed by atoms with Crippen molar-refractivity contribution in [3.05, 3.63) is 29.3 Å². The third-order valence-electron chi connectivity index (χ3n) is 2.46. The van der Waals surface area contributed by atoms with Crippen LogP contribution in [0.1, 0.15) is 42.6 Å². The highest BCUT2D eigenvalue weighted by atomic mass is 16.5. The van der Waals surface area contributed by atoms with Crippen molar-refractivity contribution in [1.82, 2.24) is 0 Å². The summed E-state index contributed by atoms with van der Waals surface area (Å²) in [5.74, 6) is 0.281. The van der Waals surface area contributed by atoms with E-state index in [1.807, 2.05) is 19.1 Å². The molecule has 0 radical (unpaired) electrons. The largest absolute Gasteiger partial charge is 0.496 e. The zero-order valence-corrected chi connectivity index (χ0v) is 10.8. The third-order valence-corrected chi connectivity index (χ3v) is 2.46. The predicted molar refractivity (Wildman–Crippen MR) is 67.6 cm³/mol. The molecule has 0 aliphatic heterocycles. The van der Waals surface area contributed by atoms with E-state index in [-0.39, 0.29) is 5.97 Å². The summed E-state index contributed by atoms with van der Waals surface area (Å²) in [7, 11) is 1.57. The Bertz CT molecular complexity index is 372. The first-order valence-electron chi connectivity index (χ1n) is 6.07. The van der Waals surface area contributed by atoms with Crippen molar-refractivity contribution in [3.63, 3.8) is 0 Å². The molecule has 1 rings (SSSR count). The highest BCUT2D eigenvalue weighted by Gasteiger charge is 2.13. The molecule has 0 aromatic heterocycles. The molecule has 1 aromatic rings. The van der Waals surface area contributed by atoms with Gasteiger partial charge in [0.1, 0.15) is 11.3 Å². The minimum atomic E-state index is -0.313. The molecule has 0 fully saturated rings. The monoisotopic (exact) mass is 236 g/mol. The molecule has 0 bridgehead atoms. The van der Waals surface area contributed by atoms with Crippen LogP contribution in [0.4, 0.5) is 0 Å². The fraction of sp³-hybridized carbons (Fsp3) is 0.500. The molecule has 3 nitrogen and oxygen atoms in total. The standard InChI is InChI=1S/C14H20O3/c1-4-6-11-7-8-12(13(10-11)16-3)14(15)17-9-5-2/h7-8,10H,4-6,9H2,1-3H3. The number of benzene rings is 1. The average molecular weight is 236 g/mol. The molecule has 0 heterocycles. The number of carbonyl (C=O) groups is 1. The maximum Gasteiger partial charge on any atom is 0.341 e. The van der Waals surface area contributed by atoms with Gasteiger partial charge in [-0.15, -0.1) is 0 Å². The summed E-state index contributed by atoms with van der Waals surface area (Å²) in [6, 6.07) is 5.64. The lowest BCUT2D eigenvalue weighted by Gasteiger charge is -2.10. The number of hydrogen-bond acceptors (Lipinski definition) is 3. The minimum Gasteiger partial charge on any atom is -0.496 e. The highest BCUT2D eigenvalue weighted by molar-refractivity contribution is 5.92. The van der Waals surface area contributed by atoms with Gasteiger partial charge in [-0.2, -0.15) is 0 Å². The molecule has 0 saturated heterocycles. The number of ether oxygens (including phenoxy) is 2. The van der Waals surface area contributed by atoms with Crippen molar-refractivity contribution in [3.8, 4) is 5.75 Å². The summed E-state index contributed by atoms with van der Waals surface area (Å²) in [6.45, 7) is 4.53. The molecule has 0 aliphatic carbocycles. The molecular weight excluding hydrogens is 216 g/mol. The van der Waals surface area contributed by atoms with E-state index < -0.39 is 0 Å². The summed E-state index contributed by atoms with van der Waals surface area (Å²) in [4.78, 5) is 11.8. The second kappa shape index (κ2) is 6.94. The number of rotatable bonds is 6. The Hall–Kier alpha value is -1.51. The molecule has 0 aliphatic rings. The van der Waals surface area contributed by atoms with Crippen LogP contribution in [0.15, 0.2) is 18.2 Å². The lowest BCUT2D eigenvalue weighted by molar-refractivity contribution is 0.0501. The van der Waals surface area contributed by atoms with Gasteiger partial charge in [-0.3, -0.25) is 0 Å². The van der Waals surface area contributed by atoms with E-state index in [1.165, 1.54) is 5.56 Å². The van der Waals surface area contributed by atoms with Crippen molar-refractivity contribution in [2.24, 2.45) is 0 Å². The fourth-order valence-corrected chi connectivity index (χ4v) is 1.62. The smallest absolute Gasteiger partial charge is 0.341 e. The Morgan fingerprint density at radius 1 is 1.24 bits per heavy atom. The van der Waals surface area contributed by atoms with Crippen LogP contribution in [-0.4, -0.2) is 19.7 Å². The van der Waals surface area contributed by atoms with E-state index in [4.69, 9.17) is 9.47 Å². The first kappa shape index (κ1) is 13.6. The molecule has 0 spiro atoms. The summed E-state index contributed by atoms with van der Waals surface area (Å²) in [5.41, 5.74) is 1.68. The maximum atomic E-state index is 11.8. The summed E-state index contributed by atoms with van der Waals surface area (Å²) in [5, 5.41) is 0. The summed E-state index contributed by atoms with van der Waals surface area (Å²) < 4.78 is 10.3. The number of esters is 1. The Morgan fingerprint density at radius 3 is 2.59 bits per heavy atom. The van der Waals surface area contributed by atoms with E-state index in [0.717, 1.165) is 19.3 Å². The third kappa shape index (κ3) is 3.77. The van der Waals surface area contributed by atoms with Crippen molar-refractivity contribution in [2.45, 2.75) is 33.1 Å². The topological polar surface area (TPSA) is 35.5 Å². The Kier molecular flexibility index (Phi) is 5.53. The van der Waals surface area contributed by atoms with Gasteiger partial charge >= 0.3 is 5.97 Å². The second-order valence-corrected chi connectivity index (χ2v) is 3.92. The highest BCUT2D eigenvalue weighted by Crippen LogP contribution is 2.22. The van der Waals surface area contributed by atoms with Gasteiger partial charge in [0, 0.05) is 0 Å². The molecule has 0 N–H and O–H groups in total. The summed E-state index contributed by atoms with van der Waals surface area (Å²) in [6.07, 6.45) is 2.88. The van der Waals surface area contributed by atoms with E-state index in [2.05, 4.69) is 6.92 Å². The van der Waals surface area contributed by atoms with Crippen LogP contribution in [0, 0.1) is 0 Å². The molecule has 0 amide bonds. The summed E-state index contributed by atoms with van der Waals surface area (Å²) >= 11 is 0. The zero-order chi connectivity index (χ0) is 12.7.